The molecule has 2 amide bonds. The maximum atomic E-state index is 13.1. The number of carbonyl (C=O) groups excluding carboxylic acids is 1. The fourth-order valence-corrected chi connectivity index (χ4v) is 2.00. The van der Waals surface area contributed by atoms with Crippen LogP contribution in [0.5, 0.6) is 0 Å². The number of amides is 2. The molecule has 21 heavy (non-hydrogen) atoms. The van der Waals surface area contributed by atoms with Crippen molar-refractivity contribution in [3.63, 3.8) is 0 Å². The first kappa shape index (κ1) is 17.3. The SMILES string of the molecule is C[C@H](NC(=O)NCCNS(C)(=O)=O)c1ccc(F)c(F)c1. The second-order valence-electron chi connectivity index (χ2n) is 4.46. The summed E-state index contributed by atoms with van der Waals surface area (Å²) in [7, 11) is -3.30. The van der Waals surface area contributed by atoms with Crippen LogP contribution in [0.4, 0.5) is 13.6 Å². The Balaban J connectivity index is 2.41. The zero-order valence-electron chi connectivity index (χ0n) is 11.6. The maximum absolute atomic E-state index is 13.1. The van der Waals surface area contributed by atoms with Crippen molar-refractivity contribution >= 4 is 16.1 Å². The molecule has 9 heteroatoms. The lowest BCUT2D eigenvalue weighted by molar-refractivity contribution is 0.238. The van der Waals surface area contributed by atoms with E-state index in [1.54, 1.807) is 6.92 Å². The van der Waals surface area contributed by atoms with E-state index in [9.17, 15) is 22.0 Å². The number of rotatable bonds is 6. The van der Waals surface area contributed by atoms with Gasteiger partial charge >= 0.3 is 6.03 Å². The average molecular weight is 321 g/mol. The van der Waals surface area contributed by atoms with Gasteiger partial charge in [-0.1, -0.05) is 6.07 Å². The summed E-state index contributed by atoms with van der Waals surface area (Å²) in [5.74, 6) is -1.94. The minimum atomic E-state index is -3.30. The van der Waals surface area contributed by atoms with Crippen LogP contribution in [0.15, 0.2) is 18.2 Å². The number of carbonyl (C=O) groups is 1. The van der Waals surface area contributed by atoms with Gasteiger partial charge in [0.05, 0.1) is 12.3 Å². The van der Waals surface area contributed by atoms with E-state index >= 15 is 0 Å². The zero-order valence-corrected chi connectivity index (χ0v) is 12.4. The molecule has 0 saturated heterocycles. The fraction of sp³-hybridized carbons (Fsp3) is 0.417. The number of urea groups is 1. The van der Waals surface area contributed by atoms with E-state index in [1.807, 2.05) is 0 Å². The molecule has 0 aromatic heterocycles. The fourth-order valence-electron chi connectivity index (χ4n) is 1.53. The first-order valence-electron chi connectivity index (χ1n) is 6.13. The second-order valence-corrected chi connectivity index (χ2v) is 6.29. The molecule has 0 saturated carbocycles. The van der Waals surface area contributed by atoms with Gasteiger partial charge in [0, 0.05) is 13.1 Å². The summed E-state index contributed by atoms with van der Waals surface area (Å²) in [6, 6.07) is 2.29. The molecule has 1 aromatic carbocycles. The topological polar surface area (TPSA) is 87.3 Å². The van der Waals surface area contributed by atoms with Crippen LogP contribution in [0, 0.1) is 11.6 Å². The van der Waals surface area contributed by atoms with Gasteiger partial charge in [-0.3, -0.25) is 0 Å². The van der Waals surface area contributed by atoms with Crippen LogP contribution in [0.1, 0.15) is 18.5 Å². The average Bonchev–Trinajstić information content (AvgIpc) is 2.36. The first-order valence-corrected chi connectivity index (χ1v) is 8.02. The van der Waals surface area contributed by atoms with Crippen LogP contribution in [-0.4, -0.2) is 33.8 Å². The van der Waals surface area contributed by atoms with E-state index in [4.69, 9.17) is 0 Å². The predicted octanol–water partition coefficient (Wildman–Crippen LogP) is 0.874. The standard InChI is InChI=1S/C12H17F2N3O3S/c1-8(9-3-4-10(13)11(14)7-9)17-12(18)15-5-6-16-21(2,19)20/h3-4,7-8,16H,5-6H2,1-2H3,(H2,15,17,18)/t8-/m0/s1. The van der Waals surface area contributed by atoms with Gasteiger partial charge in [0.1, 0.15) is 0 Å². The van der Waals surface area contributed by atoms with Gasteiger partial charge < -0.3 is 10.6 Å². The van der Waals surface area contributed by atoms with Crippen molar-refractivity contribution in [2.24, 2.45) is 0 Å². The van der Waals surface area contributed by atoms with E-state index < -0.39 is 33.7 Å². The Morgan fingerprint density at radius 3 is 2.48 bits per heavy atom. The molecule has 118 valence electrons. The molecule has 0 aliphatic heterocycles. The van der Waals surface area contributed by atoms with Crippen molar-refractivity contribution in [1.82, 2.24) is 15.4 Å². The third-order valence-corrected chi connectivity index (χ3v) is 3.29. The number of benzene rings is 1. The van der Waals surface area contributed by atoms with Gasteiger partial charge in [-0.05, 0) is 24.6 Å². The van der Waals surface area contributed by atoms with Crippen molar-refractivity contribution in [2.45, 2.75) is 13.0 Å². The number of halogens is 2. The molecule has 0 fully saturated rings. The molecule has 1 rings (SSSR count). The highest BCUT2D eigenvalue weighted by Crippen LogP contribution is 2.15. The highest BCUT2D eigenvalue weighted by molar-refractivity contribution is 7.88. The first-order chi connectivity index (χ1) is 9.69. The van der Waals surface area contributed by atoms with E-state index in [0.717, 1.165) is 18.4 Å². The predicted molar refractivity (Wildman–Crippen MR) is 74.2 cm³/mol. The Bertz CT molecular complexity index is 608. The lowest BCUT2D eigenvalue weighted by Crippen LogP contribution is -2.41. The van der Waals surface area contributed by atoms with E-state index in [-0.39, 0.29) is 13.1 Å². The zero-order chi connectivity index (χ0) is 16.0. The van der Waals surface area contributed by atoms with Gasteiger partial charge in [0.15, 0.2) is 11.6 Å². The van der Waals surface area contributed by atoms with Crippen LogP contribution in [-0.2, 0) is 10.0 Å². The molecule has 6 nitrogen and oxygen atoms in total. The van der Waals surface area contributed by atoms with E-state index in [2.05, 4.69) is 15.4 Å². The van der Waals surface area contributed by atoms with Crippen molar-refractivity contribution in [2.75, 3.05) is 19.3 Å². The minimum Gasteiger partial charge on any atom is -0.337 e. The number of hydrogen-bond acceptors (Lipinski definition) is 3. The van der Waals surface area contributed by atoms with Gasteiger partial charge in [0.2, 0.25) is 10.0 Å². The second kappa shape index (κ2) is 7.32. The Morgan fingerprint density at radius 2 is 1.90 bits per heavy atom. The molecular weight excluding hydrogens is 304 g/mol. The molecule has 1 atom stereocenters. The Labute approximate surface area is 122 Å². The van der Waals surface area contributed by atoms with Crippen LogP contribution in [0.3, 0.4) is 0 Å². The summed E-state index contributed by atoms with van der Waals surface area (Å²) < 4.78 is 49.7. The molecule has 3 N–H and O–H groups in total. The lowest BCUT2D eigenvalue weighted by Gasteiger charge is -2.15. The number of hydrogen-bond donors (Lipinski definition) is 3. The lowest BCUT2D eigenvalue weighted by atomic mass is 10.1. The number of sulfonamides is 1. The van der Waals surface area contributed by atoms with Gasteiger partial charge in [0.25, 0.3) is 0 Å². The molecule has 1 aromatic rings. The molecular formula is C12H17F2N3O3S. The Hall–Kier alpha value is -1.74. The van der Waals surface area contributed by atoms with E-state index in [0.29, 0.717) is 5.56 Å². The Kier molecular flexibility index (Phi) is 6.03. The number of nitrogens with one attached hydrogen (secondary N) is 3. The molecule has 0 bridgehead atoms. The minimum absolute atomic E-state index is 0.0613. The van der Waals surface area contributed by atoms with Crippen LogP contribution in [0.25, 0.3) is 0 Å². The quantitative estimate of drug-likeness (QED) is 0.680. The largest absolute Gasteiger partial charge is 0.337 e. The highest BCUT2D eigenvalue weighted by Gasteiger charge is 2.11. The van der Waals surface area contributed by atoms with Crippen LogP contribution >= 0.6 is 0 Å². The van der Waals surface area contributed by atoms with Crippen molar-refractivity contribution < 1.29 is 22.0 Å². The summed E-state index contributed by atoms with van der Waals surface area (Å²) in [4.78, 5) is 11.5. The molecule has 0 aliphatic carbocycles. The smallest absolute Gasteiger partial charge is 0.315 e. The molecule has 0 heterocycles. The third-order valence-electron chi connectivity index (χ3n) is 2.57. The Morgan fingerprint density at radius 1 is 1.24 bits per heavy atom. The molecule has 0 aliphatic rings. The maximum Gasteiger partial charge on any atom is 0.315 e. The summed E-state index contributed by atoms with van der Waals surface area (Å²) >= 11 is 0. The molecule has 0 unspecified atom stereocenters. The summed E-state index contributed by atoms with van der Waals surface area (Å²) in [5.41, 5.74) is 0.415. The monoisotopic (exact) mass is 321 g/mol. The van der Waals surface area contributed by atoms with Crippen molar-refractivity contribution in [3.05, 3.63) is 35.4 Å². The van der Waals surface area contributed by atoms with Crippen LogP contribution in [0.2, 0.25) is 0 Å². The van der Waals surface area contributed by atoms with Gasteiger partial charge in [-0.2, -0.15) is 0 Å². The van der Waals surface area contributed by atoms with Crippen molar-refractivity contribution in [1.29, 1.82) is 0 Å². The van der Waals surface area contributed by atoms with Crippen molar-refractivity contribution in [3.8, 4) is 0 Å². The summed E-state index contributed by atoms with van der Waals surface area (Å²) in [6.07, 6.45) is 1.01. The van der Waals surface area contributed by atoms with Crippen LogP contribution < -0.4 is 15.4 Å². The molecule has 0 spiro atoms. The van der Waals surface area contributed by atoms with Gasteiger partial charge in [-0.15, -0.1) is 0 Å². The highest BCUT2D eigenvalue weighted by atomic mass is 32.2. The summed E-state index contributed by atoms with van der Waals surface area (Å²) in [6.45, 7) is 1.77. The van der Waals surface area contributed by atoms with Gasteiger partial charge in [-0.25, -0.2) is 26.7 Å². The van der Waals surface area contributed by atoms with E-state index in [1.165, 1.54) is 6.07 Å². The summed E-state index contributed by atoms with van der Waals surface area (Å²) in [5, 5.41) is 4.96. The molecule has 0 radical (unpaired) electrons. The normalized spacial score (nSPS) is 12.8. The third kappa shape index (κ3) is 6.50.